The number of nitrogens with zero attached hydrogens (tertiary/aromatic N) is 1. The van der Waals surface area contributed by atoms with E-state index in [2.05, 4.69) is 15.3 Å². The van der Waals surface area contributed by atoms with Crippen molar-refractivity contribution < 1.29 is 9.18 Å². The van der Waals surface area contributed by atoms with Gasteiger partial charge in [-0.1, -0.05) is 0 Å². The fraction of sp³-hybridized carbons (Fsp3) is 0.429. The first-order valence-electron chi connectivity index (χ1n) is 6.59. The van der Waals surface area contributed by atoms with E-state index < -0.39 is 0 Å². The van der Waals surface area contributed by atoms with E-state index in [-0.39, 0.29) is 11.7 Å². The quantitative estimate of drug-likeness (QED) is 0.772. The van der Waals surface area contributed by atoms with Gasteiger partial charge in [0.05, 0.1) is 11.0 Å². The summed E-state index contributed by atoms with van der Waals surface area (Å²) in [6.07, 6.45) is 3.95. The number of hydrogen-bond donors (Lipinski definition) is 2. The molecule has 0 atom stereocenters. The molecule has 108 valence electrons. The summed E-state index contributed by atoms with van der Waals surface area (Å²) in [7, 11) is 0. The van der Waals surface area contributed by atoms with Gasteiger partial charge in [0, 0.05) is 19.4 Å². The van der Waals surface area contributed by atoms with Gasteiger partial charge >= 0.3 is 0 Å². The topological polar surface area (TPSA) is 57.8 Å². The first-order chi connectivity index (χ1) is 9.69. The van der Waals surface area contributed by atoms with Crippen LogP contribution in [0.4, 0.5) is 4.39 Å². The third-order valence-electron chi connectivity index (χ3n) is 2.93. The largest absolute Gasteiger partial charge is 0.356 e. The van der Waals surface area contributed by atoms with Crippen molar-refractivity contribution >= 4 is 28.7 Å². The molecule has 1 amide bonds. The molecule has 6 heteroatoms. The predicted molar refractivity (Wildman–Crippen MR) is 80.4 cm³/mol. The first-order valence-corrected chi connectivity index (χ1v) is 7.98. The number of aryl methyl sites for hydroxylation is 1. The molecule has 2 N–H and O–H groups in total. The molecule has 1 heterocycles. The number of nitrogens with one attached hydrogen (secondary N) is 2. The third kappa shape index (κ3) is 4.23. The molecule has 4 nitrogen and oxygen atoms in total. The Morgan fingerprint density at radius 3 is 3.15 bits per heavy atom. The number of rotatable bonds is 7. The number of aromatic amines is 1. The molecule has 20 heavy (non-hydrogen) atoms. The summed E-state index contributed by atoms with van der Waals surface area (Å²) in [6, 6.07) is 4.42. The van der Waals surface area contributed by atoms with Gasteiger partial charge < -0.3 is 10.3 Å². The Labute approximate surface area is 121 Å². The predicted octanol–water partition coefficient (Wildman–Crippen LogP) is 2.50. The lowest BCUT2D eigenvalue weighted by Gasteiger charge is -2.03. The van der Waals surface area contributed by atoms with Gasteiger partial charge in [0.15, 0.2) is 0 Å². The molecule has 1 aromatic heterocycles. The van der Waals surface area contributed by atoms with Crippen molar-refractivity contribution in [3.05, 3.63) is 29.8 Å². The molecule has 0 bridgehead atoms. The first kappa shape index (κ1) is 14.8. The summed E-state index contributed by atoms with van der Waals surface area (Å²) < 4.78 is 13.0. The average molecular weight is 295 g/mol. The summed E-state index contributed by atoms with van der Waals surface area (Å²) >= 11 is 1.77. The maximum atomic E-state index is 13.0. The Kier molecular flexibility index (Phi) is 5.40. The number of benzene rings is 1. The normalized spacial score (nSPS) is 10.9. The van der Waals surface area contributed by atoms with Gasteiger partial charge in [0.25, 0.3) is 0 Å². The number of thioether (sulfide) groups is 1. The fourth-order valence-corrected chi connectivity index (χ4v) is 2.35. The van der Waals surface area contributed by atoms with Crippen molar-refractivity contribution in [2.75, 3.05) is 18.6 Å². The van der Waals surface area contributed by atoms with Crippen LogP contribution in [0.1, 0.15) is 18.7 Å². The summed E-state index contributed by atoms with van der Waals surface area (Å²) in [5.74, 6) is 1.50. The van der Waals surface area contributed by atoms with Crippen LogP contribution in [0.15, 0.2) is 18.2 Å². The Bertz CT molecular complexity index is 585. The van der Waals surface area contributed by atoms with Crippen LogP contribution in [0, 0.1) is 5.82 Å². The molecule has 1 aromatic carbocycles. The third-order valence-corrected chi connectivity index (χ3v) is 3.63. The molecular formula is C14H18FN3OS. The van der Waals surface area contributed by atoms with Crippen LogP contribution in [0.2, 0.25) is 0 Å². The Morgan fingerprint density at radius 2 is 2.35 bits per heavy atom. The van der Waals surface area contributed by atoms with Gasteiger partial charge in [-0.2, -0.15) is 11.8 Å². The van der Waals surface area contributed by atoms with Crippen LogP contribution in [0.25, 0.3) is 11.0 Å². The Balaban J connectivity index is 1.81. The number of amides is 1. The highest BCUT2D eigenvalue weighted by molar-refractivity contribution is 7.98. The zero-order chi connectivity index (χ0) is 14.4. The smallest absolute Gasteiger partial charge is 0.220 e. The molecule has 0 unspecified atom stereocenters. The van der Waals surface area contributed by atoms with Crippen molar-refractivity contribution in [3.8, 4) is 0 Å². The molecular weight excluding hydrogens is 277 g/mol. The lowest BCUT2D eigenvalue weighted by atomic mass is 10.3. The average Bonchev–Trinajstić information content (AvgIpc) is 2.83. The monoisotopic (exact) mass is 295 g/mol. The minimum atomic E-state index is -0.292. The molecule has 0 spiro atoms. The second-order valence-electron chi connectivity index (χ2n) is 4.54. The molecule has 0 aliphatic carbocycles. The molecule has 2 aromatic rings. The fourth-order valence-electron chi connectivity index (χ4n) is 1.92. The summed E-state index contributed by atoms with van der Waals surface area (Å²) in [6.45, 7) is 0.713. The number of carbonyl (C=O) groups excluding carboxylic acids is 1. The number of aromatic nitrogens is 2. The van der Waals surface area contributed by atoms with Crippen molar-refractivity contribution in [2.45, 2.75) is 19.3 Å². The second kappa shape index (κ2) is 7.28. The van der Waals surface area contributed by atoms with Crippen LogP contribution >= 0.6 is 11.8 Å². The highest BCUT2D eigenvalue weighted by Crippen LogP contribution is 2.13. The number of halogens is 1. The van der Waals surface area contributed by atoms with Crippen molar-refractivity contribution in [2.24, 2.45) is 0 Å². The summed E-state index contributed by atoms with van der Waals surface area (Å²) in [4.78, 5) is 19.0. The second-order valence-corrected chi connectivity index (χ2v) is 5.53. The molecule has 0 radical (unpaired) electrons. The summed E-state index contributed by atoms with van der Waals surface area (Å²) in [5, 5.41) is 2.88. The Hall–Kier alpha value is -1.56. The number of H-pyrrole nitrogens is 1. The number of carbonyl (C=O) groups is 1. The SMILES string of the molecule is CSCCCNC(=O)CCc1nc2ccc(F)cc2[nH]1. The van der Waals surface area contributed by atoms with E-state index >= 15 is 0 Å². The van der Waals surface area contributed by atoms with Gasteiger partial charge in [0.2, 0.25) is 5.91 Å². The molecule has 0 saturated carbocycles. The van der Waals surface area contributed by atoms with Crippen LogP contribution < -0.4 is 5.32 Å². The summed E-state index contributed by atoms with van der Waals surface area (Å²) in [5.41, 5.74) is 1.39. The number of hydrogen-bond acceptors (Lipinski definition) is 3. The van der Waals surface area contributed by atoms with Gasteiger partial charge in [0.1, 0.15) is 11.6 Å². The van der Waals surface area contributed by atoms with Crippen LogP contribution in [-0.4, -0.2) is 34.4 Å². The van der Waals surface area contributed by atoms with E-state index in [4.69, 9.17) is 0 Å². The van der Waals surface area contributed by atoms with Gasteiger partial charge in [-0.15, -0.1) is 0 Å². The number of imidazole rings is 1. The standard InChI is InChI=1S/C14H18FN3OS/c1-20-8-2-7-16-14(19)6-5-13-17-11-4-3-10(15)9-12(11)18-13/h3-4,9H,2,5-8H2,1H3,(H,16,19)(H,17,18). The van der Waals surface area contributed by atoms with Crippen molar-refractivity contribution in [3.63, 3.8) is 0 Å². The minimum absolute atomic E-state index is 0.0257. The van der Waals surface area contributed by atoms with E-state index in [1.807, 2.05) is 6.26 Å². The van der Waals surface area contributed by atoms with E-state index in [0.717, 1.165) is 17.7 Å². The molecule has 2 rings (SSSR count). The zero-order valence-corrected chi connectivity index (χ0v) is 12.2. The molecule has 0 aliphatic heterocycles. The van der Waals surface area contributed by atoms with Crippen molar-refractivity contribution in [1.29, 1.82) is 0 Å². The lowest BCUT2D eigenvalue weighted by molar-refractivity contribution is -0.121. The van der Waals surface area contributed by atoms with Gasteiger partial charge in [-0.25, -0.2) is 9.37 Å². The maximum Gasteiger partial charge on any atom is 0.220 e. The number of fused-ring (bicyclic) bond motifs is 1. The van der Waals surface area contributed by atoms with Crippen LogP contribution in [-0.2, 0) is 11.2 Å². The molecule has 0 aliphatic rings. The van der Waals surface area contributed by atoms with Gasteiger partial charge in [-0.3, -0.25) is 4.79 Å². The minimum Gasteiger partial charge on any atom is -0.356 e. The van der Waals surface area contributed by atoms with Crippen LogP contribution in [0.3, 0.4) is 0 Å². The van der Waals surface area contributed by atoms with E-state index in [1.54, 1.807) is 17.8 Å². The van der Waals surface area contributed by atoms with E-state index in [0.29, 0.717) is 30.7 Å². The Morgan fingerprint density at radius 1 is 1.50 bits per heavy atom. The lowest BCUT2D eigenvalue weighted by Crippen LogP contribution is -2.25. The highest BCUT2D eigenvalue weighted by Gasteiger charge is 2.06. The molecule has 0 saturated heterocycles. The highest BCUT2D eigenvalue weighted by atomic mass is 32.2. The van der Waals surface area contributed by atoms with E-state index in [9.17, 15) is 9.18 Å². The molecule has 0 fully saturated rings. The van der Waals surface area contributed by atoms with Gasteiger partial charge in [-0.05, 0) is 36.6 Å². The van der Waals surface area contributed by atoms with Crippen molar-refractivity contribution in [1.82, 2.24) is 15.3 Å². The maximum absolute atomic E-state index is 13.0. The van der Waals surface area contributed by atoms with Crippen LogP contribution in [0.5, 0.6) is 0 Å². The van der Waals surface area contributed by atoms with E-state index in [1.165, 1.54) is 12.1 Å². The zero-order valence-electron chi connectivity index (χ0n) is 11.4.